The number of ether oxygens (including phenoxy) is 1. The molecule has 0 spiro atoms. The van der Waals surface area contributed by atoms with E-state index < -0.39 is 5.91 Å². The molecule has 0 unspecified atom stereocenters. The van der Waals surface area contributed by atoms with E-state index in [0.29, 0.717) is 11.1 Å². The number of benzene rings is 2. The zero-order valence-corrected chi connectivity index (χ0v) is 11.2. The number of hydrazine groups is 1. The SMILES string of the molecule is NNC(=O)c1oc2ccccc2c1COc1ccccc1. The van der Waals surface area contributed by atoms with Gasteiger partial charge in [-0.3, -0.25) is 10.2 Å². The quantitative estimate of drug-likeness (QED) is 0.438. The van der Waals surface area contributed by atoms with Gasteiger partial charge >= 0.3 is 5.91 Å². The van der Waals surface area contributed by atoms with Gasteiger partial charge in [0.05, 0.1) is 0 Å². The lowest BCUT2D eigenvalue weighted by Crippen LogP contribution is -2.30. The molecule has 0 saturated carbocycles. The highest BCUT2D eigenvalue weighted by Crippen LogP contribution is 2.27. The third-order valence-corrected chi connectivity index (χ3v) is 3.16. The van der Waals surface area contributed by atoms with Crippen molar-refractivity contribution in [3.05, 3.63) is 65.9 Å². The highest BCUT2D eigenvalue weighted by Gasteiger charge is 2.20. The van der Waals surface area contributed by atoms with Crippen molar-refractivity contribution in [3.8, 4) is 5.75 Å². The Balaban J connectivity index is 1.97. The van der Waals surface area contributed by atoms with Crippen molar-refractivity contribution >= 4 is 16.9 Å². The Morgan fingerprint density at radius 2 is 1.81 bits per heavy atom. The first kappa shape index (κ1) is 13.2. The van der Waals surface area contributed by atoms with Crippen molar-refractivity contribution in [2.24, 2.45) is 5.84 Å². The van der Waals surface area contributed by atoms with Crippen molar-refractivity contribution in [1.29, 1.82) is 0 Å². The number of hydrogen-bond acceptors (Lipinski definition) is 4. The molecule has 2 aromatic carbocycles. The maximum atomic E-state index is 11.8. The summed E-state index contributed by atoms with van der Waals surface area (Å²) in [5.41, 5.74) is 3.40. The molecular formula is C16H14N2O3. The first-order chi connectivity index (χ1) is 10.3. The van der Waals surface area contributed by atoms with Crippen molar-refractivity contribution in [3.63, 3.8) is 0 Å². The van der Waals surface area contributed by atoms with E-state index in [2.05, 4.69) is 5.43 Å². The third-order valence-electron chi connectivity index (χ3n) is 3.16. The number of para-hydroxylation sites is 2. The van der Waals surface area contributed by atoms with Crippen LogP contribution in [-0.2, 0) is 6.61 Å². The number of fused-ring (bicyclic) bond motifs is 1. The minimum absolute atomic E-state index is 0.176. The van der Waals surface area contributed by atoms with Crippen LogP contribution in [0.25, 0.3) is 11.0 Å². The fraction of sp³-hybridized carbons (Fsp3) is 0.0625. The Morgan fingerprint density at radius 3 is 2.57 bits per heavy atom. The van der Waals surface area contributed by atoms with Crippen LogP contribution in [0, 0.1) is 0 Å². The van der Waals surface area contributed by atoms with Crippen LogP contribution in [0.3, 0.4) is 0 Å². The van der Waals surface area contributed by atoms with E-state index >= 15 is 0 Å². The van der Waals surface area contributed by atoms with E-state index in [0.717, 1.165) is 11.1 Å². The number of carbonyl (C=O) groups excluding carboxylic acids is 1. The number of furan rings is 1. The topological polar surface area (TPSA) is 77.5 Å². The largest absolute Gasteiger partial charge is 0.489 e. The van der Waals surface area contributed by atoms with Gasteiger partial charge in [-0.15, -0.1) is 0 Å². The van der Waals surface area contributed by atoms with Gasteiger partial charge in [0.25, 0.3) is 0 Å². The van der Waals surface area contributed by atoms with Crippen molar-refractivity contribution in [1.82, 2.24) is 5.43 Å². The number of amides is 1. The van der Waals surface area contributed by atoms with Gasteiger partial charge < -0.3 is 9.15 Å². The fourth-order valence-corrected chi connectivity index (χ4v) is 2.16. The number of nitrogens with two attached hydrogens (primary N) is 1. The summed E-state index contributed by atoms with van der Waals surface area (Å²) in [7, 11) is 0. The summed E-state index contributed by atoms with van der Waals surface area (Å²) in [6, 6.07) is 16.8. The summed E-state index contributed by atoms with van der Waals surface area (Å²) in [6.45, 7) is 0.226. The Kier molecular flexibility index (Phi) is 3.57. The summed E-state index contributed by atoms with van der Waals surface area (Å²) >= 11 is 0. The zero-order chi connectivity index (χ0) is 14.7. The van der Waals surface area contributed by atoms with Gasteiger partial charge in [-0.05, 0) is 18.2 Å². The number of hydrogen-bond donors (Lipinski definition) is 2. The smallest absolute Gasteiger partial charge is 0.301 e. The van der Waals surface area contributed by atoms with E-state index in [1.54, 1.807) is 6.07 Å². The summed E-state index contributed by atoms with van der Waals surface area (Å²) in [6.07, 6.45) is 0. The molecule has 106 valence electrons. The first-order valence-electron chi connectivity index (χ1n) is 6.49. The van der Waals surface area contributed by atoms with Crippen LogP contribution in [0.1, 0.15) is 16.1 Å². The molecule has 0 radical (unpaired) electrons. The molecule has 3 rings (SSSR count). The average molecular weight is 282 g/mol. The molecule has 1 amide bonds. The molecule has 3 aromatic rings. The predicted octanol–water partition coefficient (Wildman–Crippen LogP) is 2.62. The van der Waals surface area contributed by atoms with Crippen LogP contribution in [0.4, 0.5) is 0 Å². The van der Waals surface area contributed by atoms with Crippen LogP contribution in [-0.4, -0.2) is 5.91 Å². The van der Waals surface area contributed by atoms with Crippen molar-refractivity contribution in [2.75, 3.05) is 0 Å². The maximum absolute atomic E-state index is 11.8. The average Bonchev–Trinajstić information content (AvgIpc) is 2.92. The van der Waals surface area contributed by atoms with E-state index in [1.807, 2.05) is 48.5 Å². The number of rotatable bonds is 4. The molecule has 21 heavy (non-hydrogen) atoms. The summed E-state index contributed by atoms with van der Waals surface area (Å²) in [5, 5.41) is 0.840. The Labute approximate surface area is 121 Å². The molecule has 1 heterocycles. The molecule has 0 aliphatic heterocycles. The fourth-order valence-electron chi connectivity index (χ4n) is 2.16. The number of nitrogens with one attached hydrogen (secondary N) is 1. The molecule has 0 aliphatic rings. The molecule has 1 aromatic heterocycles. The maximum Gasteiger partial charge on any atom is 0.301 e. The highest BCUT2D eigenvalue weighted by atomic mass is 16.5. The Bertz CT molecular complexity index is 766. The second-order valence-corrected chi connectivity index (χ2v) is 4.48. The van der Waals surface area contributed by atoms with Gasteiger partial charge in [0.1, 0.15) is 17.9 Å². The summed E-state index contributed by atoms with van der Waals surface area (Å²) in [5.74, 6) is 5.63. The van der Waals surface area contributed by atoms with E-state index in [1.165, 1.54) is 0 Å². The van der Waals surface area contributed by atoms with Gasteiger partial charge in [-0.25, -0.2) is 5.84 Å². The molecule has 5 nitrogen and oxygen atoms in total. The van der Waals surface area contributed by atoms with Gasteiger partial charge in [0.2, 0.25) is 5.76 Å². The van der Waals surface area contributed by atoms with Gasteiger partial charge in [-0.2, -0.15) is 0 Å². The number of carbonyl (C=O) groups is 1. The van der Waals surface area contributed by atoms with Crippen molar-refractivity contribution in [2.45, 2.75) is 6.61 Å². The summed E-state index contributed by atoms with van der Waals surface area (Å²) in [4.78, 5) is 11.8. The van der Waals surface area contributed by atoms with Gasteiger partial charge in [0, 0.05) is 10.9 Å². The Hall–Kier alpha value is -2.79. The van der Waals surface area contributed by atoms with Crippen molar-refractivity contribution < 1.29 is 13.9 Å². The molecular weight excluding hydrogens is 268 g/mol. The molecule has 5 heteroatoms. The van der Waals surface area contributed by atoms with Crippen LogP contribution < -0.4 is 16.0 Å². The lowest BCUT2D eigenvalue weighted by atomic mass is 10.1. The second kappa shape index (κ2) is 5.68. The standard InChI is InChI=1S/C16H14N2O3/c17-18-16(19)15-13(10-20-11-6-2-1-3-7-11)12-8-4-5-9-14(12)21-15/h1-9H,10,17H2,(H,18,19). The van der Waals surface area contributed by atoms with Crippen LogP contribution in [0.5, 0.6) is 5.75 Å². The van der Waals surface area contributed by atoms with Gasteiger partial charge in [0.15, 0.2) is 0 Å². The first-order valence-corrected chi connectivity index (χ1v) is 6.49. The summed E-state index contributed by atoms with van der Waals surface area (Å²) < 4.78 is 11.3. The molecule has 0 atom stereocenters. The minimum Gasteiger partial charge on any atom is -0.489 e. The monoisotopic (exact) mass is 282 g/mol. The van der Waals surface area contributed by atoms with Crippen LogP contribution in [0.2, 0.25) is 0 Å². The van der Waals surface area contributed by atoms with E-state index in [-0.39, 0.29) is 12.4 Å². The van der Waals surface area contributed by atoms with Crippen LogP contribution >= 0.6 is 0 Å². The zero-order valence-electron chi connectivity index (χ0n) is 11.2. The normalized spacial score (nSPS) is 10.5. The molecule has 0 aliphatic carbocycles. The Morgan fingerprint density at radius 1 is 1.10 bits per heavy atom. The highest BCUT2D eigenvalue weighted by molar-refractivity contribution is 5.98. The predicted molar refractivity (Wildman–Crippen MR) is 78.6 cm³/mol. The molecule has 0 fully saturated rings. The molecule has 3 N–H and O–H groups in total. The van der Waals surface area contributed by atoms with E-state index in [4.69, 9.17) is 15.0 Å². The third kappa shape index (κ3) is 2.59. The molecule has 0 saturated heterocycles. The van der Waals surface area contributed by atoms with Crippen LogP contribution in [0.15, 0.2) is 59.0 Å². The minimum atomic E-state index is -0.474. The van der Waals surface area contributed by atoms with E-state index in [9.17, 15) is 4.79 Å². The lowest BCUT2D eigenvalue weighted by Gasteiger charge is -2.06. The van der Waals surface area contributed by atoms with Gasteiger partial charge in [-0.1, -0.05) is 36.4 Å². The lowest BCUT2D eigenvalue weighted by molar-refractivity contribution is 0.0924. The number of nitrogen functional groups attached to an aromatic ring is 1. The molecule has 0 bridgehead atoms. The second-order valence-electron chi connectivity index (χ2n) is 4.48.